The summed E-state index contributed by atoms with van der Waals surface area (Å²) >= 11 is 5.64. The van der Waals surface area contributed by atoms with Crippen LogP contribution in [0.3, 0.4) is 0 Å². The first-order valence-electron chi connectivity index (χ1n) is 4.52. The van der Waals surface area contributed by atoms with Crippen molar-refractivity contribution in [3.8, 4) is 0 Å². The molecular formula is C8H10ClN7. The molecule has 0 radical (unpaired) electrons. The van der Waals surface area contributed by atoms with Crippen LogP contribution in [0.2, 0.25) is 5.28 Å². The molecule has 2 aromatic rings. The number of nitrogens with two attached hydrogens (primary N) is 1. The smallest absolute Gasteiger partial charge is 0.229 e. The molecule has 16 heavy (non-hydrogen) atoms. The second-order valence-electron chi connectivity index (χ2n) is 3.16. The molecule has 0 aliphatic heterocycles. The topological polar surface area (TPSA) is 94.5 Å². The Morgan fingerprint density at radius 3 is 2.88 bits per heavy atom. The number of rotatable bonds is 3. The average Bonchev–Trinajstić information content (AvgIpc) is 2.60. The number of halogens is 1. The van der Waals surface area contributed by atoms with Crippen molar-refractivity contribution in [2.45, 2.75) is 6.54 Å². The molecule has 2 heterocycles. The van der Waals surface area contributed by atoms with Crippen molar-refractivity contribution in [1.82, 2.24) is 24.7 Å². The van der Waals surface area contributed by atoms with Crippen LogP contribution in [-0.2, 0) is 13.6 Å². The van der Waals surface area contributed by atoms with E-state index in [-0.39, 0.29) is 11.2 Å². The molecule has 3 N–H and O–H groups in total. The van der Waals surface area contributed by atoms with Gasteiger partial charge in [0.15, 0.2) is 0 Å². The maximum atomic E-state index is 5.64. The standard InChI is InChI=1S/C8H10ClN7/c1-16-4-5(3-12-16)2-11-8-14-6(9)13-7(10)15-8/h3-4H,2H2,1H3,(H3,10,11,13,14,15). The molecule has 0 unspecified atom stereocenters. The van der Waals surface area contributed by atoms with Gasteiger partial charge in [-0.2, -0.15) is 20.1 Å². The number of hydrogen-bond acceptors (Lipinski definition) is 6. The monoisotopic (exact) mass is 239 g/mol. The van der Waals surface area contributed by atoms with Crippen LogP contribution in [0.4, 0.5) is 11.9 Å². The van der Waals surface area contributed by atoms with Gasteiger partial charge in [0.05, 0.1) is 6.20 Å². The Labute approximate surface area is 96.7 Å². The summed E-state index contributed by atoms with van der Waals surface area (Å²) in [7, 11) is 1.85. The minimum absolute atomic E-state index is 0.0705. The van der Waals surface area contributed by atoms with Crippen molar-refractivity contribution in [3.05, 3.63) is 23.2 Å². The fourth-order valence-electron chi connectivity index (χ4n) is 1.19. The molecule has 0 bridgehead atoms. The summed E-state index contributed by atoms with van der Waals surface area (Å²) in [5.74, 6) is 0.440. The van der Waals surface area contributed by atoms with Gasteiger partial charge in [0.2, 0.25) is 17.2 Å². The molecule has 84 valence electrons. The van der Waals surface area contributed by atoms with E-state index in [1.165, 1.54) is 0 Å². The zero-order valence-electron chi connectivity index (χ0n) is 8.55. The number of nitrogen functional groups attached to an aromatic ring is 1. The fourth-order valence-corrected chi connectivity index (χ4v) is 1.36. The minimum Gasteiger partial charge on any atom is -0.368 e. The first kappa shape index (κ1) is 10.6. The van der Waals surface area contributed by atoms with Crippen LogP contribution in [-0.4, -0.2) is 24.7 Å². The van der Waals surface area contributed by atoms with Gasteiger partial charge in [-0.25, -0.2) is 0 Å². The van der Waals surface area contributed by atoms with E-state index in [0.717, 1.165) is 5.56 Å². The summed E-state index contributed by atoms with van der Waals surface area (Å²) in [6.07, 6.45) is 3.64. The number of aryl methyl sites for hydroxylation is 1. The largest absolute Gasteiger partial charge is 0.368 e. The van der Waals surface area contributed by atoms with E-state index in [2.05, 4.69) is 25.4 Å². The quantitative estimate of drug-likeness (QED) is 0.808. The lowest BCUT2D eigenvalue weighted by Gasteiger charge is -2.03. The number of hydrogen-bond donors (Lipinski definition) is 2. The molecule has 0 aliphatic rings. The number of anilines is 2. The van der Waals surface area contributed by atoms with Gasteiger partial charge in [-0.15, -0.1) is 0 Å². The summed E-state index contributed by atoms with van der Waals surface area (Å²) in [6, 6.07) is 0. The van der Waals surface area contributed by atoms with Gasteiger partial charge in [-0.05, 0) is 11.6 Å². The van der Waals surface area contributed by atoms with E-state index in [9.17, 15) is 0 Å². The normalized spacial score (nSPS) is 10.4. The number of nitrogens with one attached hydrogen (secondary N) is 1. The van der Waals surface area contributed by atoms with E-state index in [1.54, 1.807) is 10.9 Å². The summed E-state index contributed by atoms with van der Waals surface area (Å²) in [4.78, 5) is 11.4. The fraction of sp³-hybridized carbons (Fsp3) is 0.250. The minimum atomic E-state index is 0.0705. The van der Waals surface area contributed by atoms with Crippen LogP contribution < -0.4 is 11.1 Å². The highest BCUT2D eigenvalue weighted by Gasteiger charge is 2.02. The van der Waals surface area contributed by atoms with Crippen LogP contribution in [0.25, 0.3) is 0 Å². The summed E-state index contributed by atoms with van der Waals surface area (Å²) in [5.41, 5.74) is 6.44. The van der Waals surface area contributed by atoms with Crippen molar-refractivity contribution >= 4 is 23.5 Å². The predicted molar refractivity (Wildman–Crippen MR) is 59.8 cm³/mol. The van der Waals surface area contributed by atoms with Crippen molar-refractivity contribution in [2.75, 3.05) is 11.1 Å². The molecule has 0 spiro atoms. The Kier molecular flexibility index (Phi) is 2.86. The van der Waals surface area contributed by atoms with Crippen molar-refractivity contribution < 1.29 is 0 Å². The molecule has 0 saturated carbocycles. The van der Waals surface area contributed by atoms with Gasteiger partial charge in [0.1, 0.15) is 0 Å². The van der Waals surface area contributed by atoms with Crippen LogP contribution in [0.5, 0.6) is 0 Å². The lowest BCUT2D eigenvalue weighted by atomic mass is 10.4. The second-order valence-corrected chi connectivity index (χ2v) is 3.50. The van der Waals surface area contributed by atoms with Crippen molar-refractivity contribution in [1.29, 1.82) is 0 Å². The third-order valence-electron chi connectivity index (χ3n) is 1.83. The maximum Gasteiger partial charge on any atom is 0.229 e. The first-order valence-corrected chi connectivity index (χ1v) is 4.90. The van der Waals surface area contributed by atoms with Crippen LogP contribution in [0.1, 0.15) is 5.56 Å². The van der Waals surface area contributed by atoms with E-state index in [4.69, 9.17) is 17.3 Å². The summed E-state index contributed by atoms with van der Waals surface area (Å²) < 4.78 is 1.71. The Balaban J connectivity index is 2.04. The van der Waals surface area contributed by atoms with Crippen LogP contribution in [0, 0.1) is 0 Å². The molecule has 0 atom stereocenters. The second kappa shape index (κ2) is 4.31. The molecule has 0 aromatic carbocycles. The van der Waals surface area contributed by atoms with Gasteiger partial charge in [0, 0.05) is 25.4 Å². The SMILES string of the molecule is Cn1cc(CNc2nc(N)nc(Cl)n2)cn1. The van der Waals surface area contributed by atoms with Crippen molar-refractivity contribution in [3.63, 3.8) is 0 Å². The Morgan fingerprint density at radius 1 is 1.44 bits per heavy atom. The molecule has 7 nitrogen and oxygen atoms in total. The van der Waals surface area contributed by atoms with Gasteiger partial charge >= 0.3 is 0 Å². The van der Waals surface area contributed by atoms with Gasteiger partial charge < -0.3 is 11.1 Å². The van der Waals surface area contributed by atoms with Crippen molar-refractivity contribution in [2.24, 2.45) is 7.05 Å². The zero-order chi connectivity index (χ0) is 11.5. The van der Waals surface area contributed by atoms with Gasteiger partial charge in [-0.1, -0.05) is 0 Å². The molecule has 2 aromatic heterocycles. The third kappa shape index (κ3) is 2.57. The van der Waals surface area contributed by atoms with E-state index in [1.807, 2.05) is 13.2 Å². The highest BCUT2D eigenvalue weighted by atomic mass is 35.5. The van der Waals surface area contributed by atoms with E-state index < -0.39 is 0 Å². The summed E-state index contributed by atoms with van der Waals surface area (Å²) in [6.45, 7) is 0.549. The molecule has 0 aliphatic carbocycles. The third-order valence-corrected chi connectivity index (χ3v) is 2.00. The number of aromatic nitrogens is 5. The Hall–Kier alpha value is -1.89. The molecule has 0 fully saturated rings. The molecule has 8 heteroatoms. The highest BCUT2D eigenvalue weighted by Crippen LogP contribution is 2.08. The number of nitrogens with zero attached hydrogens (tertiary/aromatic N) is 5. The van der Waals surface area contributed by atoms with E-state index >= 15 is 0 Å². The molecular weight excluding hydrogens is 230 g/mol. The van der Waals surface area contributed by atoms with Gasteiger partial charge in [-0.3, -0.25) is 4.68 Å². The summed E-state index contributed by atoms with van der Waals surface area (Å²) in [5, 5.41) is 7.08. The molecule has 0 amide bonds. The Morgan fingerprint density at radius 2 is 2.25 bits per heavy atom. The zero-order valence-corrected chi connectivity index (χ0v) is 9.31. The Bertz CT molecular complexity index is 475. The lowest BCUT2D eigenvalue weighted by molar-refractivity contribution is 0.767. The van der Waals surface area contributed by atoms with Gasteiger partial charge in [0.25, 0.3) is 0 Å². The first-order chi connectivity index (χ1) is 7.63. The molecule has 0 saturated heterocycles. The molecule has 2 rings (SSSR count). The highest BCUT2D eigenvalue weighted by molar-refractivity contribution is 6.28. The predicted octanol–water partition coefficient (Wildman–Crippen LogP) is 0.453. The van der Waals surface area contributed by atoms with E-state index in [0.29, 0.717) is 12.5 Å². The lowest BCUT2D eigenvalue weighted by Crippen LogP contribution is -2.06. The van der Waals surface area contributed by atoms with Crippen LogP contribution >= 0.6 is 11.6 Å². The average molecular weight is 240 g/mol. The maximum absolute atomic E-state index is 5.64. The van der Waals surface area contributed by atoms with Crippen LogP contribution in [0.15, 0.2) is 12.4 Å².